The number of hydroxylamine groups is 2. The van der Waals surface area contributed by atoms with E-state index in [0.717, 1.165) is 71.3 Å². The number of H-pyrrole nitrogens is 1. The van der Waals surface area contributed by atoms with E-state index in [1.54, 1.807) is 6.20 Å². The van der Waals surface area contributed by atoms with Crippen LogP contribution in [0.2, 0.25) is 0 Å². The Morgan fingerprint density at radius 3 is 1.95 bits per heavy atom. The van der Waals surface area contributed by atoms with Crippen LogP contribution in [0, 0.1) is 11.8 Å². The minimum absolute atomic E-state index is 0.0883. The number of allylic oxidation sites excluding steroid dienone is 1. The molecule has 2 aromatic carbocycles. The number of nitrogens with one attached hydrogen (secondary N) is 3. The molecule has 0 radical (unpaired) electrons. The van der Waals surface area contributed by atoms with Gasteiger partial charge in [0.15, 0.2) is 0 Å². The SMILES string of the molecule is COC(=O)N[C@H](C(=O)N1CCC[C@H]1C1=NC=C(c2ccc(-c3ccc(-c4cnc([C@H]5CC6(CCC6)ON5C(=O)[C@@H](NC(=O)OC)C(C)C)[nH]4)cc3)cc2)C1)C(C)C. The van der Waals surface area contributed by atoms with Crippen LogP contribution in [0.4, 0.5) is 9.59 Å². The summed E-state index contributed by atoms with van der Waals surface area (Å²) in [5, 5.41) is 6.81. The molecular formula is C43H53N7O7. The fraction of sp³-hybridized carbons (Fsp3) is 0.488. The largest absolute Gasteiger partial charge is 0.453 e. The molecule has 7 rings (SSSR count). The van der Waals surface area contributed by atoms with E-state index < -0.39 is 35.9 Å². The third-order valence-corrected chi connectivity index (χ3v) is 11.8. The Hall–Kier alpha value is -5.50. The molecule has 1 spiro atoms. The van der Waals surface area contributed by atoms with E-state index in [2.05, 4.69) is 64.1 Å². The molecular weight excluding hydrogens is 727 g/mol. The molecule has 1 aromatic heterocycles. The van der Waals surface area contributed by atoms with Gasteiger partial charge in [0.1, 0.15) is 23.9 Å². The van der Waals surface area contributed by atoms with Gasteiger partial charge in [-0.1, -0.05) is 76.2 Å². The van der Waals surface area contributed by atoms with Crippen LogP contribution in [0.1, 0.15) is 90.1 Å². The number of nitrogens with zero attached hydrogens (tertiary/aromatic N) is 4. The normalized spacial score (nSPS) is 20.9. The first-order chi connectivity index (χ1) is 27.4. The molecule has 1 aliphatic carbocycles. The summed E-state index contributed by atoms with van der Waals surface area (Å²) in [6.45, 7) is 8.20. The van der Waals surface area contributed by atoms with Gasteiger partial charge < -0.3 is 30.0 Å². The molecule has 57 heavy (non-hydrogen) atoms. The summed E-state index contributed by atoms with van der Waals surface area (Å²) in [5.41, 5.74) is 6.67. The number of aromatic nitrogens is 2. The Bertz CT molecular complexity index is 2030. The fourth-order valence-corrected chi connectivity index (χ4v) is 8.31. The zero-order valence-electron chi connectivity index (χ0n) is 33.5. The summed E-state index contributed by atoms with van der Waals surface area (Å²) in [6.07, 6.45) is 8.20. The van der Waals surface area contributed by atoms with E-state index in [1.165, 1.54) is 19.3 Å². The van der Waals surface area contributed by atoms with Gasteiger partial charge in [-0.15, -0.1) is 0 Å². The van der Waals surface area contributed by atoms with Gasteiger partial charge >= 0.3 is 12.2 Å². The van der Waals surface area contributed by atoms with E-state index in [9.17, 15) is 19.2 Å². The van der Waals surface area contributed by atoms with Crippen LogP contribution >= 0.6 is 0 Å². The van der Waals surface area contributed by atoms with Crippen LogP contribution in [0.25, 0.3) is 28.0 Å². The lowest BCUT2D eigenvalue weighted by Gasteiger charge is -2.37. The maximum absolute atomic E-state index is 13.8. The smallest absolute Gasteiger partial charge is 0.407 e. The van der Waals surface area contributed by atoms with Crippen LogP contribution < -0.4 is 10.6 Å². The van der Waals surface area contributed by atoms with Gasteiger partial charge in [0.25, 0.3) is 5.91 Å². The predicted molar refractivity (Wildman–Crippen MR) is 214 cm³/mol. The second-order valence-electron chi connectivity index (χ2n) is 16.2. The Labute approximate surface area is 333 Å². The number of methoxy groups -OCH3 is 2. The second-order valence-corrected chi connectivity index (χ2v) is 16.2. The number of carbonyl (C=O) groups excluding carboxylic acids is 4. The lowest BCUT2D eigenvalue weighted by atomic mass is 9.77. The highest BCUT2D eigenvalue weighted by atomic mass is 16.7. The van der Waals surface area contributed by atoms with E-state index in [1.807, 2.05) is 38.8 Å². The van der Waals surface area contributed by atoms with Gasteiger partial charge in [0.2, 0.25) is 5.91 Å². The summed E-state index contributed by atoms with van der Waals surface area (Å²) in [4.78, 5) is 72.6. The van der Waals surface area contributed by atoms with Gasteiger partial charge in [-0.2, -0.15) is 0 Å². The maximum Gasteiger partial charge on any atom is 0.407 e. The third-order valence-electron chi connectivity index (χ3n) is 11.8. The number of rotatable bonds is 11. The minimum atomic E-state index is -0.811. The molecule has 14 nitrogen and oxygen atoms in total. The Morgan fingerprint density at radius 1 is 0.807 bits per heavy atom. The van der Waals surface area contributed by atoms with Crippen LogP contribution in [-0.4, -0.2) is 94.1 Å². The first-order valence-corrected chi connectivity index (χ1v) is 19.9. The zero-order valence-corrected chi connectivity index (χ0v) is 33.5. The van der Waals surface area contributed by atoms with Crippen molar-refractivity contribution in [2.45, 2.75) is 102 Å². The summed E-state index contributed by atoms with van der Waals surface area (Å²) < 4.78 is 9.55. The molecule has 4 atom stereocenters. The molecule has 3 aliphatic heterocycles. The van der Waals surface area contributed by atoms with Gasteiger partial charge in [0.05, 0.1) is 37.8 Å². The Balaban J connectivity index is 0.993. The second kappa shape index (κ2) is 16.5. The van der Waals surface area contributed by atoms with E-state index >= 15 is 0 Å². The zero-order chi connectivity index (χ0) is 40.4. The quantitative estimate of drug-likeness (QED) is 0.191. The molecule has 3 fully saturated rings. The number of hydrogen-bond donors (Lipinski definition) is 3. The molecule has 1 saturated carbocycles. The van der Waals surface area contributed by atoms with Gasteiger partial charge in [-0.25, -0.2) is 19.6 Å². The van der Waals surface area contributed by atoms with Crippen LogP contribution in [-0.2, 0) is 23.9 Å². The highest BCUT2D eigenvalue weighted by Gasteiger charge is 2.54. The van der Waals surface area contributed by atoms with E-state index in [4.69, 9.17) is 24.3 Å². The topological polar surface area (TPSA) is 168 Å². The van der Waals surface area contributed by atoms with Crippen LogP contribution in [0.3, 0.4) is 0 Å². The lowest BCUT2D eigenvalue weighted by Crippen LogP contribution is -2.53. The van der Waals surface area contributed by atoms with Crippen molar-refractivity contribution in [3.63, 3.8) is 0 Å². The first kappa shape index (κ1) is 39.7. The van der Waals surface area contributed by atoms with Crippen molar-refractivity contribution in [2.24, 2.45) is 16.8 Å². The molecule has 3 aromatic rings. The summed E-state index contributed by atoms with van der Waals surface area (Å²) in [7, 11) is 2.57. The number of ether oxygens (including phenoxy) is 2. The van der Waals surface area contributed by atoms with Crippen molar-refractivity contribution in [1.29, 1.82) is 0 Å². The molecule has 4 amide bonds. The lowest BCUT2D eigenvalue weighted by molar-refractivity contribution is -0.230. The molecule has 0 bridgehead atoms. The van der Waals surface area contributed by atoms with Crippen LogP contribution in [0.15, 0.2) is 65.9 Å². The predicted octanol–water partition coefficient (Wildman–Crippen LogP) is 6.81. The molecule has 4 heterocycles. The Morgan fingerprint density at radius 2 is 1.39 bits per heavy atom. The molecule has 3 N–H and O–H groups in total. The number of aromatic amines is 1. The van der Waals surface area contributed by atoms with Crippen molar-refractivity contribution < 1.29 is 33.5 Å². The Kier molecular flexibility index (Phi) is 11.5. The summed E-state index contributed by atoms with van der Waals surface area (Å²) in [5.74, 6) is -0.0644. The number of hydrogen-bond acceptors (Lipinski definition) is 9. The van der Waals surface area contributed by atoms with Crippen molar-refractivity contribution in [3.05, 3.63) is 72.3 Å². The summed E-state index contributed by atoms with van der Waals surface area (Å²) >= 11 is 0. The highest BCUT2D eigenvalue weighted by molar-refractivity contribution is 6.04. The minimum Gasteiger partial charge on any atom is -0.453 e. The molecule has 4 aliphatic rings. The summed E-state index contributed by atoms with van der Waals surface area (Å²) in [6, 6.07) is 14.7. The molecule has 2 saturated heterocycles. The van der Waals surface area contributed by atoms with Crippen molar-refractivity contribution in [3.8, 4) is 22.4 Å². The first-order valence-electron chi connectivity index (χ1n) is 19.9. The highest BCUT2D eigenvalue weighted by Crippen LogP contribution is 2.50. The van der Waals surface area contributed by atoms with Crippen molar-refractivity contribution >= 4 is 35.3 Å². The number of carbonyl (C=O) groups is 4. The maximum atomic E-state index is 13.8. The number of aliphatic imine (C=N–C) groups is 1. The number of amides is 4. The van der Waals surface area contributed by atoms with E-state index in [-0.39, 0.29) is 29.7 Å². The number of imidazole rings is 1. The van der Waals surface area contributed by atoms with Crippen molar-refractivity contribution in [1.82, 2.24) is 30.6 Å². The molecule has 14 heteroatoms. The third kappa shape index (κ3) is 8.18. The van der Waals surface area contributed by atoms with Gasteiger partial charge in [0, 0.05) is 31.3 Å². The van der Waals surface area contributed by atoms with E-state index in [0.29, 0.717) is 25.2 Å². The fourth-order valence-electron chi connectivity index (χ4n) is 8.31. The van der Waals surface area contributed by atoms with Gasteiger partial charge in [-0.05, 0) is 71.8 Å². The average molecular weight is 780 g/mol. The number of likely N-dealkylation sites (tertiary alicyclic amines) is 1. The number of benzene rings is 2. The standard InChI is InChI=1S/C43H53N7O7/c1-25(2)36(47-41(53)55-5)39(51)49-20-7-9-34(49)32-21-31(23-44-32)29-12-10-27(11-13-29)28-14-16-30(17-15-28)33-24-45-38(46-33)35-22-43(18-8-19-43)57-50(35)40(52)37(26(3)4)48-42(54)56-6/h10-17,23-26,34-37H,7-9,18-22H2,1-6H3,(H,45,46)(H,47,53)(H,48,54)/t34-,35+,36-,37-/m0/s1. The van der Waals surface area contributed by atoms with Crippen molar-refractivity contribution in [2.75, 3.05) is 20.8 Å². The monoisotopic (exact) mass is 779 g/mol. The molecule has 302 valence electrons. The molecule has 0 unspecified atom stereocenters. The average Bonchev–Trinajstić information content (AvgIpc) is 4.04. The van der Waals surface area contributed by atoms with Gasteiger partial charge in [-0.3, -0.25) is 19.4 Å². The van der Waals surface area contributed by atoms with Crippen LogP contribution in [0.5, 0.6) is 0 Å². The number of alkyl carbamates (subject to hydrolysis) is 2.